The molecule has 2 aromatic heterocycles. The molecule has 0 unspecified atom stereocenters. The Kier molecular flexibility index (Phi) is 3.58. The standard InChI is InChI=1S/C21H16N6/c22-10-14-5-6-18-19(7-14)27(13-24-18)21-12-23-11-20(26-21)25-17-8-15-3-1-2-4-16(15)9-17/h1-7,11-13,17H,8-9H2,(H,25,26). The van der Waals surface area contributed by atoms with E-state index in [0.717, 1.165) is 29.7 Å². The van der Waals surface area contributed by atoms with Crippen molar-refractivity contribution in [3.05, 3.63) is 77.9 Å². The lowest BCUT2D eigenvalue weighted by atomic mass is 10.1. The molecule has 0 saturated carbocycles. The number of hydrogen-bond acceptors (Lipinski definition) is 5. The predicted octanol–water partition coefficient (Wildman–Crippen LogP) is 3.27. The molecule has 0 bridgehead atoms. The molecule has 1 aliphatic carbocycles. The molecule has 0 aliphatic heterocycles. The Morgan fingerprint density at radius 3 is 2.67 bits per heavy atom. The molecule has 27 heavy (non-hydrogen) atoms. The fourth-order valence-corrected chi connectivity index (χ4v) is 3.67. The lowest BCUT2D eigenvalue weighted by Crippen LogP contribution is -2.20. The molecule has 1 N–H and O–H groups in total. The third kappa shape index (κ3) is 2.79. The number of fused-ring (bicyclic) bond motifs is 2. The average molecular weight is 352 g/mol. The predicted molar refractivity (Wildman–Crippen MR) is 103 cm³/mol. The maximum absolute atomic E-state index is 9.16. The molecular weight excluding hydrogens is 336 g/mol. The number of nitrogens with zero attached hydrogens (tertiary/aromatic N) is 5. The minimum absolute atomic E-state index is 0.316. The maximum Gasteiger partial charge on any atom is 0.159 e. The van der Waals surface area contributed by atoms with Crippen LogP contribution in [0.4, 0.5) is 5.82 Å². The SMILES string of the molecule is N#Cc1ccc2ncn(-c3cncc(NC4Cc5ccccc5C4)n3)c2c1. The van der Waals surface area contributed by atoms with Crippen molar-refractivity contribution in [3.8, 4) is 11.9 Å². The first-order valence-corrected chi connectivity index (χ1v) is 8.83. The van der Waals surface area contributed by atoms with Gasteiger partial charge in [0.1, 0.15) is 12.1 Å². The summed E-state index contributed by atoms with van der Waals surface area (Å²) < 4.78 is 1.86. The van der Waals surface area contributed by atoms with Gasteiger partial charge in [0.05, 0.1) is 35.1 Å². The summed E-state index contributed by atoms with van der Waals surface area (Å²) in [5.74, 6) is 1.41. The molecule has 6 nitrogen and oxygen atoms in total. The van der Waals surface area contributed by atoms with Crippen LogP contribution in [0.3, 0.4) is 0 Å². The molecule has 0 saturated heterocycles. The van der Waals surface area contributed by atoms with Gasteiger partial charge in [-0.3, -0.25) is 9.55 Å². The molecule has 0 radical (unpaired) electrons. The number of benzene rings is 2. The molecule has 0 amide bonds. The van der Waals surface area contributed by atoms with Crippen LogP contribution in [0.15, 0.2) is 61.2 Å². The van der Waals surface area contributed by atoms with Crippen molar-refractivity contribution in [2.45, 2.75) is 18.9 Å². The molecule has 130 valence electrons. The highest BCUT2D eigenvalue weighted by Crippen LogP contribution is 2.24. The molecule has 0 spiro atoms. The van der Waals surface area contributed by atoms with Gasteiger partial charge >= 0.3 is 0 Å². The number of nitrogens with one attached hydrogen (secondary N) is 1. The lowest BCUT2D eigenvalue weighted by molar-refractivity contribution is 0.766. The molecule has 0 fully saturated rings. The Labute approximate surface area is 156 Å². The summed E-state index contributed by atoms with van der Waals surface area (Å²) in [6.07, 6.45) is 7.13. The monoisotopic (exact) mass is 352 g/mol. The molecule has 1 aliphatic rings. The van der Waals surface area contributed by atoms with Crippen molar-refractivity contribution in [2.24, 2.45) is 0 Å². The number of anilines is 1. The quantitative estimate of drug-likeness (QED) is 0.612. The van der Waals surface area contributed by atoms with Crippen molar-refractivity contribution in [3.63, 3.8) is 0 Å². The molecular formula is C21H16N6. The average Bonchev–Trinajstić information content (AvgIpc) is 3.31. The van der Waals surface area contributed by atoms with E-state index in [2.05, 4.69) is 45.6 Å². The molecule has 0 atom stereocenters. The molecule has 4 aromatic rings. The van der Waals surface area contributed by atoms with Crippen LogP contribution in [0, 0.1) is 11.3 Å². The normalized spacial score (nSPS) is 13.4. The van der Waals surface area contributed by atoms with Crippen molar-refractivity contribution in [1.29, 1.82) is 5.26 Å². The second-order valence-electron chi connectivity index (χ2n) is 6.71. The fraction of sp³-hybridized carbons (Fsp3) is 0.143. The molecule has 6 heteroatoms. The van der Waals surface area contributed by atoms with Crippen molar-refractivity contribution in [2.75, 3.05) is 5.32 Å². The third-order valence-corrected chi connectivity index (χ3v) is 4.95. The topological polar surface area (TPSA) is 79.4 Å². The summed E-state index contributed by atoms with van der Waals surface area (Å²) in [4.78, 5) is 13.5. The third-order valence-electron chi connectivity index (χ3n) is 4.95. The number of imidazole rings is 1. The molecule has 2 aromatic carbocycles. The Bertz CT molecular complexity index is 1160. The smallest absolute Gasteiger partial charge is 0.159 e. The number of nitriles is 1. The van der Waals surface area contributed by atoms with E-state index in [1.807, 2.05) is 16.7 Å². The first-order valence-electron chi connectivity index (χ1n) is 8.83. The Balaban J connectivity index is 1.44. The van der Waals surface area contributed by atoms with E-state index in [9.17, 15) is 0 Å². The van der Waals surface area contributed by atoms with E-state index in [0.29, 0.717) is 17.4 Å². The summed E-state index contributed by atoms with van der Waals surface area (Å²) in [6, 6.07) is 16.4. The fourth-order valence-electron chi connectivity index (χ4n) is 3.67. The minimum Gasteiger partial charge on any atom is -0.365 e. The first kappa shape index (κ1) is 15.5. The highest BCUT2D eigenvalue weighted by molar-refractivity contribution is 5.78. The van der Waals surface area contributed by atoms with E-state index in [-0.39, 0.29) is 0 Å². The van der Waals surface area contributed by atoms with E-state index >= 15 is 0 Å². The van der Waals surface area contributed by atoms with E-state index in [1.54, 1.807) is 24.8 Å². The zero-order valence-electron chi connectivity index (χ0n) is 14.5. The van der Waals surface area contributed by atoms with Crippen LogP contribution >= 0.6 is 0 Å². The van der Waals surface area contributed by atoms with Crippen molar-refractivity contribution >= 4 is 16.9 Å². The van der Waals surface area contributed by atoms with Gasteiger partial charge in [-0.05, 0) is 42.2 Å². The largest absolute Gasteiger partial charge is 0.365 e. The van der Waals surface area contributed by atoms with Gasteiger partial charge in [-0.2, -0.15) is 5.26 Å². The zero-order valence-corrected chi connectivity index (χ0v) is 14.5. The van der Waals surface area contributed by atoms with Gasteiger partial charge in [0.2, 0.25) is 0 Å². The van der Waals surface area contributed by atoms with Gasteiger partial charge in [-0.15, -0.1) is 0 Å². The number of aromatic nitrogens is 4. The Morgan fingerprint density at radius 1 is 1.07 bits per heavy atom. The number of rotatable bonds is 3. The van der Waals surface area contributed by atoms with Gasteiger partial charge in [0, 0.05) is 6.04 Å². The second-order valence-corrected chi connectivity index (χ2v) is 6.71. The summed E-state index contributed by atoms with van der Waals surface area (Å²) in [7, 11) is 0. The van der Waals surface area contributed by atoms with Crippen molar-refractivity contribution in [1.82, 2.24) is 19.5 Å². The van der Waals surface area contributed by atoms with Crippen LogP contribution in [-0.2, 0) is 12.8 Å². The first-order chi connectivity index (χ1) is 13.3. The van der Waals surface area contributed by atoms with Crippen molar-refractivity contribution < 1.29 is 0 Å². The zero-order chi connectivity index (χ0) is 18.2. The van der Waals surface area contributed by atoms with E-state index < -0.39 is 0 Å². The maximum atomic E-state index is 9.16. The summed E-state index contributed by atoms with van der Waals surface area (Å²) in [5, 5.41) is 12.7. The van der Waals surface area contributed by atoms with E-state index in [4.69, 9.17) is 10.2 Å². The van der Waals surface area contributed by atoms with E-state index in [1.165, 1.54) is 11.1 Å². The second kappa shape index (κ2) is 6.22. The Morgan fingerprint density at radius 2 is 1.89 bits per heavy atom. The molecule has 2 heterocycles. The van der Waals surface area contributed by atoms with Crippen LogP contribution in [-0.4, -0.2) is 25.6 Å². The van der Waals surface area contributed by atoms with Crippen LogP contribution in [0.1, 0.15) is 16.7 Å². The van der Waals surface area contributed by atoms with Gasteiger partial charge < -0.3 is 5.32 Å². The lowest BCUT2D eigenvalue weighted by Gasteiger charge is -2.13. The van der Waals surface area contributed by atoms with Gasteiger partial charge in [-0.1, -0.05) is 24.3 Å². The highest BCUT2D eigenvalue weighted by atomic mass is 15.2. The van der Waals surface area contributed by atoms with Crippen LogP contribution in [0.25, 0.3) is 16.9 Å². The minimum atomic E-state index is 0.316. The summed E-state index contributed by atoms with van der Waals surface area (Å²) in [5.41, 5.74) is 5.04. The van der Waals surface area contributed by atoms with Gasteiger partial charge in [0.15, 0.2) is 5.82 Å². The summed E-state index contributed by atoms with van der Waals surface area (Å²) in [6.45, 7) is 0. The number of hydrogen-bond donors (Lipinski definition) is 1. The Hall–Kier alpha value is -3.72. The van der Waals surface area contributed by atoms with Crippen LogP contribution < -0.4 is 5.32 Å². The van der Waals surface area contributed by atoms with Crippen LogP contribution in [0.5, 0.6) is 0 Å². The highest BCUT2D eigenvalue weighted by Gasteiger charge is 2.21. The molecule has 5 rings (SSSR count). The van der Waals surface area contributed by atoms with Crippen LogP contribution in [0.2, 0.25) is 0 Å². The van der Waals surface area contributed by atoms with Gasteiger partial charge in [-0.25, -0.2) is 9.97 Å². The summed E-state index contributed by atoms with van der Waals surface area (Å²) >= 11 is 0. The van der Waals surface area contributed by atoms with Gasteiger partial charge in [0.25, 0.3) is 0 Å².